The minimum Gasteiger partial charge on any atom is -0.378 e. The van der Waals surface area contributed by atoms with E-state index in [1.807, 2.05) is 31.0 Å². The van der Waals surface area contributed by atoms with Gasteiger partial charge in [-0.25, -0.2) is 13.8 Å². The molecular formula is C26H33F2N7O2. The van der Waals surface area contributed by atoms with Gasteiger partial charge in [-0.05, 0) is 50.3 Å². The molecule has 3 heterocycles. The highest BCUT2D eigenvalue weighted by molar-refractivity contribution is 5.79. The molecular weight excluding hydrogens is 480 g/mol. The van der Waals surface area contributed by atoms with Crippen molar-refractivity contribution in [2.75, 3.05) is 43.6 Å². The molecule has 0 spiro atoms. The number of benzene rings is 1. The standard InChI is InChI=1S/C26H33F2N7O2/c1-16-4-9-20-21(14-16)35(25(30-20)24(27)28)23-15-22(34-10-12-37-13-11-34)31-26(32-23)29-18-5-7-19(8-6-18)33(3)17(2)36/h4,9,14-15,18-19,24H,5-8,10-13H2,1-3H3,(H,29,31,32)/t18-,19-. The van der Waals surface area contributed by atoms with Crippen molar-refractivity contribution in [3.05, 3.63) is 35.7 Å². The van der Waals surface area contributed by atoms with Crippen molar-refractivity contribution in [1.82, 2.24) is 24.4 Å². The monoisotopic (exact) mass is 513 g/mol. The number of carbonyl (C=O) groups excluding carboxylic acids is 1. The normalized spacial score (nSPS) is 20.4. The average Bonchev–Trinajstić information content (AvgIpc) is 3.28. The molecule has 37 heavy (non-hydrogen) atoms. The molecule has 1 aliphatic heterocycles. The second kappa shape index (κ2) is 10.6. The predicted octanol–water partition coefficient (Wildman–Crippen LogP) is 4.10. The molecule has 1 aliphatic carbocycles. The smallest absolute Gasteiger partial charge is 0.296 e. The van der Waals surface area contributed by atoms with E-state index >= 15 is 0 Å². The molecule has 9 nitrogen and oxygen atoms in total. The molecule has 1 N–H and O–H groups in total. The number of anilines is 2. The largest absolute Gasteiger partial charge is 0.378 e. The summed E-state index contributed by atoms with van der Waals surface area (Å²) in [6.45, 7) is 5.97. The van der Waals surface area contributed by atoms with Gasteiger partial charge >= 0.3 is 0 Å². The fourth-order valence-corrected chi connectivity index (χ4v) is 5.19. The summed E-state index contributed by atoms with van der Waals surface area (Å²) in [4.78, 5) is 29.4. The van der Waals surface area contributed by atoms with Gasteiger partial charge in [-0.2, -0.15) is 9.97 Å². The number of nitrogens with zero attached hydrogens (tertiary/aromatic N) is 6. The molecule has 11 heteroatoms. The van der Waals surface area contributed by atoms with Gasteiger partial charge in [0.25, 0.3) is 6.43 Å². The summed E-state index contributed by atoms with van der Waals surface area (Å²) < 4.78 is 35.2. The van der Waals surface area contributed by atoms with Crippen LogP contribution in [-0.2, 0) is 9.53 Å². The van der Waals surface area contributed by atoms with Crippen LogP contribution in [0.1, 0.15) is 50.4 Å². The Bertz CT molecular complexity index is 1270. The Labute approximate surface area is 214 Å². The zero-order valence-electron chi connectivity index (χ0n) is 21.5. The lowest BCUT2D eigenvalue weighted by Gasteiger charge is -2.34. The number of alkyl halides is 2. The van der Waals surface area contributed by atoms with Crippen LogP contribution in [0.3, 0.4) is 0 Å². The third-order valence-electron chi connectivity index (χ3n) is 7.37. The number of hydrogen-bond acceptors (Lipinski definition) is 7. The second-order valence-electron chi connectivity index (χ2n) is 9.89. The molecule has 1 saturated carbocycles. The number of imidazole rings is 1. The summed E-state index contributed by atoms with van der Waals surface area (Å²) in [5.74, 6) is 1.14. The highest BCUT2D eigenvalue weighted by Gasteiger charge is 2.27. The predicted molar refractivity (Wildman–Crippen MR) is 137 cm³/mol. The van der Waals surface area contributed by atoms with Crippen molar-refractivity contribution in [1.29, 1.82) is 0 Å². The van der Waals surface area contributed by atoms with Crippen molar-refractivity contribution in [3.63, 3.8) is 0 Å². The first-order chi connectivity index (χ1) is 17.8. The van der Waals surface area contributed by atoms with Crippen LogP contribution < -0.4 is 10.2 Å². The molecule has 5 rings (SSSR count). The molecule has 0 unspecified atom stereocenters. The molecule has 0 atom stereocenters. The first-order valence-corrected chi connectivity index (χ1v) is 12.8. The van der Waals surface area contributed by atoms with E-state index in [-0.39, 0.29) is 23.8 Å². The van der Waals surface area contributed by atoms with Crippen LogP contribution in [0.2, 0.25) is 0 Å². The lowest BCUT2D eigenvalue weighted by molar-refractivity contribution is -0.130. The molecule has 0 radical (unpaired) electrons. The number of carbonyl (C=O) groups is 1. The van der Waals surface area contributed by atoms with E-state index in [0.717, 1.165) is 31.2 Å². The third kappa shape index (κ3) is 5.36. The van der Waals surface area contributed by atoms with Gasteiger partial charge in [-0.1, -0.05) is 6.07 Å². The summed E-state index contributed by atoms with van der Waals surface area (Å²) >= 11 is 0. The molecule has 2 aliphatic rings. The Morgan fingerprint density at radius 3 is 2.46 bits per heavy atom. The molecule has 2 fully saturated rings. The van der Waals surface area contributed by atoms with Gasteiger partial charge in [0.2, 0.25) is 11.9 Å². The van der Waals surface area contributed by atoms with Crippen LogP contribution in [0.4, 0.5) is 20.5 Å². The summed E-state index contributed by atoms with van der Waals surface area (Å²) in [7, 11) is 1.85. The molecule has 3 aromatic rings. The number of amides is 1. The highest BCUT2D eigenvalue weighted by Crippen LogP contribution is 2.31. The number of aryl methyl sites for hydroxylation is 1. The number of rotatable bonds is 6. The molecule has 0 bridgehead atoms. The van der Waals surface area contributed by atoms with Gasteiger partial charge in [-0.3, -0.25) is 9.36 Å². The summed E-state index contributed by atoms with van der Waals surface area (Å²) in [6, 6.07) is 7.57. The first kappa shape index (κ1) is 25.3. The molecule has 1 amide bonds. The van der Waals surface area contributed by atoms with Gasteiger partial charge in [0, 0.05) is 45.2 Å². The Balaban J connectivity index is 1.50. The maximum Gasteiger partial charge on any atom is 0.296 e. The number of ether oxygens (including phenoxy) is 1. The highest BCUT2D eigenvalue weighted by atomic mass is 19.3. The van der Waals surface area contributed by atoms with E-state index in [1.54, 1.807) is 19.1 Å². The second-order valence-corrected chi connectivity index (χ2v) is 9.89. The Hall–Kier alpha value is -3.34. The molecule has 198 valence electrons. The lowest BCUT2D eigenvalue weighted by atomic mass is 9.90. The van der Waals surface area contributed by atoms with Gasteiger partial charge in [0.15, 0.2) is 5.82 Å². The third-order valence-corrected chi connectivity index (χ3v) is 7.37. The van der Waals surface area contributed by atoms with Crippen molar-refractivity contribution in [3.8, 4) is 5.82 Å². The van der Waals surface area contributed by atoms with Crippen LogP contribution in [-0.4, -0.2) is 75.8 Å². The van der Waals surface area contributed by atoms with Crippen LogP contribution in [0, 0.1) is 6.92 Å². The molecule has 2 aromatic heterocycles. The maximum absolute atomic E-state index is 14.1. The SMILES string of the molecule is CC(=O)N(C)[C@H]1CC[C@H](Nc2nc(N3CCOCC3)cc(-n3c(C(F)F)nc4ccc(C)cc43)n2)CC1. The zero-order valence-corrected chi connectivity index (χ0v) is 21.5. The van der Waals surface area contributed by atoms with Crippen molar-refractivity contribution in [2.45, 2.75) is 58.0 Å². The Morgan fingerprint density at radius 1 is 1.08 bits per heavy atom. The zero-order chi connectivity index (χ0) is 26.1. The van der Waals surface area contributed by atoms with E-state index in [4.69, 9.17) is 14.7 Å². The van der Waals surface area contributed by atoms with E-state index in [9.17, 15) is 13.6 Å². The summed E-state index contributed by atoms with van der Waals surface area (Å²) in [6.07, 6.45) is 0.714. The van der Waals surface area contributed by atoms with Crippen LogP contribution in [0.5, 0.6) is 0 Å². The fraction of sp³-hybridized carbons (Fsp3) is 0.538. The summed E-state index contributed by atoms with van der Waals surface area (Å²) in [5.41, 5.74) is 2.03. The van der Waals surface area contributed by atoms with Gasteiger partial charge in [0.05, 0.1) is 24.2 Å². The van der Waals surface area contributed by atoms with Crippen LogP contribution in [0.15, 0.2) is 24.3 Å². The number of fused-ring (bicyclic) bond motifs is 1. The molecule has 1 saturated heterocycles. The Morgan fingerprint density at radius 2 is 1.78 bits per heavy atom. The minimum atomic E-state index is -2.76. The number of halogens is 2. The number of hydrogen-bond donors (Lipinski definition) is 1. The van der Waals surface area contributed by atoms with E-state index in [2.05, 4.69) is 15.2 Å². The minimum absolute atomic E-state index is 0.0697. The topological polar surface area (TPSA) is 88.4 Å². The van der Waals surface area contributed by atoms with Gasteiger partial charge < -0.3 is 19.9 Å². The quantitative estimate of drug-likeness (QED) is 0.531. The van der Waals surface area contributed by atoms with Gasteiger partial charge in [0.1, 0.15) is 11.6 Å². The van der Waals surface area contributed by atoms with Crippen molar-refractivity contribution >= 4 is 28.7 Å². The first-order valence-electron chi connectivity index (χ1n) is 12.8. The van der Waals surface area contributed by atoms with Crippen molar-refractivity contribution < 1.29 is 18.3 Å². The number of nitrogens with one attached hydrogen (secondary N) is 1. The van der Waals surface area contributed by atoms with Crippen molar-refractivity contribution in [2.24, 2.45) is 0 Å². The van der Waals surface area contributed by atoms with E-state index in [1.165, 1.54) is 4.57 Å². The lowest BCUT2D eigenvalue weighted by Crippen LogP contribution is -2.40. The van der Waals surface area contributed by atoms with E-state index in [0.29, 0.717) is 54.9 Å². The Kier molecular flexibility index (Phi) is 7.23. The summed E-state index contributed by atoms with van der Waals surface area (Å²) in [5, 5.41) is 3.45. The van der Waals surface area contributed by atoms with Crippen LogP contribution in [0.25, 0.3) is 16.9 Å². The number of aromatic nitrogens is 4. The van der Waals surface area contributed by atoms with E-state index < -0.39 is 6.43 Å². The van der Waals surface area contributed by atoms with Crippen LogP contribution >= 0.6 is 0 Å². The fourth-order valence-electron chi connectivity index (χ4n) is 5.19. The van der Waals surface area contributed by atoms with Gasteiger partial charge in [-0.15, -0.1) is 0 Å². The molecule has 1 aromatic carbocycles. The number of morpholine rings is 1. The maximum atomic E-state index is 14.1. The average molecular weight is 514 g/mol.